The van der Waals surface area contributed by atoms with Gasteiger partial charge in [0.25, 0.3) is 0 Å². The molecule has 0 radical (unpaired) electrons. The van der Waals surface area contributed by atoms with Crippen molar-refractivity contribution in [2.45, 2.75) is 0 Å². The van der Waals surface area contributed by atoms with Gasteiger partial charge in [-0.05, 0) is 55.2 Å². The van der Waals surface area contributed by atoms with E-state index in [2.05, 4.69) is 133 Å². The first-order valence-electron chi connectivity index (χ1n) is 11.9. The minimum absolute atomic E-state index is 1.26. The maximum absolute atomic E-state index is 2.35. The van der Waals surface area contributed by atoms with Crippen molar-refractivity contribution in [2.75, 3.05) is 0 Å². The van der Waals surface area contributed by atoms with Crippen molar-refractivity contribution in [3.63, 3.8) is 0 Å². The van der Waals surface area contributed by atoms with E-state index in [1.807, 2.05) is 11.3 Å². The summed E-state index contributed by atoms with van der Waals surface area (Å²) in [7, 11) is 0. The molecule has 0 atom stereocenters. The van der Waals surface area contributed by atoms with Gasteiger partial charge in [-0.1, -0.05) is 121 Å². The molecule has 0 unspecified atom stereocenters. The zero-order valence-electron chi connectivity index (χ0n) is 19.1. The molecule has 7 rings (SSSR count). The molecule has 164 valence electrons. The topological polar surface area (TPSA) is 0 Å². The second-order valence-corrected chi connectivity index (χ2v) is 9.82. The maximum atomic E-state index is 2.35. The fourth-order valence-electron chi connectivity index (χ4n) is 5.33. The van der Waals surface area contributed by atoms with E-state index in [0.29, 0.717) is 0 Å². The third-order valence-electron chi connectivity index (χ3n) is 6.92. The van der Waals surface area contributed by atoms with E-state index in [-0.39, 0.29) is 0 Å². The van der Waals surface area contributed by atoms with Crippen LogP contribution in [0.2, 0.25) is 0 Å². The van der Waals surface area contributed by atoms with Crippen molar-refractivity contribution in [3.8, 4) is 33.4 Å². The van der Waals surface area contributed by atoms with Crippen molar-refractivity contribution >= 4 is 43.0 Å². The van der Waals surface area contributed by atoms with Gasteiger partial charge in [-0.25, -0.2) is 0 Å². The number of rotatable bonds is 3. The third kappa shape index (κ3) is 3.28. The lowest BCUT2D eigenvalue weighted by Gasteiger charge is -2.17. The molecule has 0 spiro atoms. The first kappa shape index (κ1) is 20.2. The summed E-state index contributed by atoms with van der Waals surface area (Å²) >= 11 is 1.86. The third-order valence-corrected chi connectivity index (χ3v) is 7.92. The number of benzene rings is 6. The SMILES string of the molecule is c1ccc(-c2c(-c3ccc4ccccc4c3)c3ccccc3c3c(-c4ccccc4)csc23)cc1. The van der Waals surface area contributed by atoms with Crippen LogP contribution in [-0.2, 0) is 0 Å². The van der Waals surface area contributed by atoms with Crippen molar-refractivity contribution in [2.24, 2.45) is 0 Å². The Bertz CT molecular complexity index is 1830. The molecule has 1 heterocycles. The summed E-state index contributed by atoms with van der Waals surface area (Å²) in [5.74, 6) is 0. The molecule has 35 heavy (non-hydrogen) atoms. The average Bonchev–Trinajstić information content (AvgIpc) is 3.38. The van der Waals surface area contributed by atoms with Gasteiger partial charge in [0.05, 0.1) is 0 Å². The molecule has 0 saturated carbocycles. The summed E-state index contributed by atoms with van der Waals surface area (Å²) in [6.07, 6.45) is 0. The number of hydrogen-bond donors (Lipinski definition) is 0. The smallest absolute Gasteiger partial charge is 0.0440 e. The van der Waals surface area contributed by atoms with Crippen LogP contribution in [0.25, 0.3) is 65.0 Å². The highest BCUT2D eigenvalue weighted by Gasteiger charge is 2.21. The zero-order valence-corrected chi connectivity index (χ0v) is 19.9. The van der Waals surface area contributed by atoms with Gasteiger partial charge in [0.1, 0.15) is 0 Å². The van der Waals surface area contributed by atoms with Crippen LogP contribution in [-0.4, -0.2) is 0 Å². The van der Waals surface area contributed by atoms with Crippen LogP contribution in [0.1, 0.15) is 0 Å². The quantitative estimate of drug-likeness (QED) is 0.245. The van der Waals surface area contributed by atoms with E-state index in [4.69, 9.17) is 0 Å². The Morgan fingerprint density at radius 3 is 1.83 bits per heavy atom. The Morgan fingerprint density at radius 2 is 1.06 bits per heavy atom. The van der Waals surface area contributed by atoms with Crippen LogP contribution in [0.5, 0.6) is 0 Å². The zero-order chi connectivity index (χ0) is 23.2. The highest BCUT2D eigenvalue weighted by molar-refractivity contribution is 7.18. The van der Waals surface area contributed by atoms with Gasteiger partial charge >= 0.3 is 0 Å². The van der Waals surface area contributed by atoms with Crippen molar-refractivity contribution < 1.29 is 0 Å². The van der Waals surface area contributed by atoms with Gasteiger partial charge in [0, 0.05) is 21.2 Å². The molecular weight excluding hydrogens is 440 g/mol. The highest BCUT2D eigenvalue weighted by atomic mass is 32.1. The second kappa shape index (κ2) is 8.23. The normalized spacial score (nSPS) is 11.4. The van der Waals surface area contributed by atoms with E-state index < -0.39 is 0 Å². The Labute approximate surface area is 208 Å². The lowest BCUT2D eigenvalue weighted by molar-refractivity contribution is 1.65. The Kier molecular flexibility index (Phi) is 4.75. The van der Waals surface area contributed by atoms with E-state index in [0.717, 1.165) is 0 Å². The summed E-state index contributed by atoms with van der Waals surface area (Å²) in [5, 5.41) is 8.83. The number of hydrogen-bond acceptors (Lipinski definition) is 1. The molecule has 0 amide bonds. The summed E-state index contributed by atoms with van der Waals surface area (Å²) < 4.78 is 1.34. The molecule has 1 heteroatoms. The largest absolute Gasteiger partial charge is 0.142 e. The van der Waals surface area contributed by atoms with Gasteiger partial charge in [0.2, 0.25) is 0 Å². The molecule has 1 aromatic heterocycles. The Balaban J connectivity index is 1.67. The van der Waals surface area contributed by atoms with Gasteiger partial charge in [-0.15, -0.1) is 11.3 Å². The molecule has 0 aliphatic heterocycles. The maximum Gasteiger partial charge on any atom is 0.0440 e. The van der Waals surface area contributed by atoms with Crippen molar-refractivity contribution in [3.05, 3.63) is 133 Å². The average molecular weight is 463 g/mol. The lowest BCUT2D eigenvalue weighted by atomic mass is 9.86. The van der Waals surface area contributed by atoms with E-state index >= 15 is 0 Å². The molecular formula is C34H22S. The Morgan fingerprint density at radius 1 is 0.429 bits per heavy atom. The van der Waals surface area contributed by atoms with Crippen molar-refractivity contribution in [1.82, 2.24) is 0 Å². The van der Waals surface area contributed by atoms with Crippen molar-refractivity contribution in [1.29, 1.82) is 0 Å². The fourth-order valence-corrected chi connectivity index (χ4v) is 6.50. The van der Waals surface area contributed by atoms with Crippen LogP contribution in [0, 0.1) is 0 Å². The fraction of sp³-hybridized carbons (Fsp3) is 0. The first-order valence-corrected chi connectivity index (χ1v) is 12.8. The molecule has 0 fully saturated rings. The predicted octanol–water partition coefficient (Wildman–Crippen LogP) is 10.2. The highest BCUT2D eigenvalue weighted by Crippen LogP contribution is 2.49. The second-order valence-electron chi connectivity index (χ2n) is 8.94. The molecule has 6 aromatic carbocycles. The number of thiophene rings is 1. The van der Waals surface area contributed by atoms with Crippen LogP contribution in [0.3, 0.4) is 0 Å². The minimum Gasteiger partial charge on any atom is -0.142 e. The molecule has 0 saturated heterocycles. The molecule has 7 aromatic rings. The summed E-state index contributed by atoms with van der Waals surface area (Å²) in [4.78, 5) is 0. The van der Waals surface area contributed by atoms with Gasteiger partial charge in [-0.3, -0.25) is 0 Å². The summed E-state index contributed by atoms with van der Waals surface area (Å²) in [6.45, 7) is 0. The van der Waals surface area contributed by atoms with Crippen LogP contribution < -0.4 is 0 Å². The number of fused-ring (bicyclic) bond motifs is 4. The summed E-state index contributed by atoms with van der Waals surface area (Å²) in [6, 6.07) is 46.1. The van der Waals surface area contributed by atoms with E-state index in [1.165, 1.54) is 65.0 Å². The monoisotopic (exact) mass is 462 g/mol. The standard InChI is InChI=1S/C34H22S/c1-3-12-24(13-4-1)30-22-35-34-32(25-14-5-2-6-15-25)31(28-17-9-10-18-29(28)33(30)34)27-20-19-23-11-7-8-16-26(23)21-27/h1-22H. The van der Waals surface area contributed by atoms with E-state index in [1.54, 1.807) is 0 Å². The minimum atomic E-state index is 1.26. The molecule has 0 nitrogen and oxygen atoms in total. The van der Waals surface area contributed by atoms with Gasteiger partial charge < -0.3 is 0 Å². The summed E-state index contributed by atoms with van der Waals surface area (Å²) in [5.41, 5.74) is 7.72. The molecule has 0 N–H and O–H groups in total. The molecule has 0 bridgehead atoms. The van der Waals surface area contributed by atoms with Crippen LogP contribution in [0.15, 0.2) is 133 Å². The van der Waals surface area contributed by atoms with Crippen LogP contribution >= 0.6 is 11.3 Å². The lowest BCUT2D eigenvalue weighted by Crippen LogP contribution is -1.90. The molecule has 0 aliphatic rings. The first-order chi connectivity index (χ1) is 17.4. The Hall–Kier alpha value is -4.20. The van der Waals surface area contributed by atoms with E-state index in [9.17, 15) is 0 Å². The molecule has 0 aliphatic carbocycles. The van der Waals surface area contributed by atoms with Gasteiger partial charge in [-0.2, -0.15) is 0 Å². The van der Waals surface area contributed by atoms with Crippen LogP contribution in [0.4, 0.5) is 0 Å². The van der Waals surface area contributed by atoms with Gasteiger partial charge in [0.15, 0.2) is 0 Å². The predicted molar refractivity (Wildman–Crippen MR) is 153 cm³/mol.